The van der Waals surface area contributed by atoms with E-state index < -0.39 is 0 Å². The van der Waals surface area contributed by atoms with Gasteiger partial charge in [-0.05, 0) is 43.7 Å². The number of nitrogens with zero attached hydrogens (tertiary/aromatic N) is 2. The fourth-order valence-corrected chi connectivity index (χ4v) is 3.52. The van der Waals surface area contributed by atoms with E-state index in [4.69, 9.17) is 5.73 Å². The van der Waals surface area contributed by atoms with Crippen LogP contribution in [0.3, 0.4) is 0 Å². The third kappa shape index (κ3) is 4.08. The van der Waals surface area contributed by atoms with Crippen molar-refractivity contribution in [1.29, 1.82) is 0 Å². The van der Waals surface area contributed by atoms with E-state index >= 15 is 0 Å². The third-order valence-electron chi connectivity index (χ3n) is 4.79. The molecule has 1 aliphatic heterocycles. The van der Waals surface area contributed by atoms with Crippen LogP contribution in [0, 0.1) is 5.92 Å². The van der Waals surface area contributed by atoms with Crippen molar-refractivity contribution in [2.75, 3.05) is 26.2 Å². The molecule has 1 aromatic carbocycles. The van der Waals surface area contributed by atoms with Gasteiger partial charge in [0.25, 0.3) is 0 Å². The number of nitrogens with two attached hydrogens (primary N) is 1. The number of benzene rings is 1. The Hall–Kier alpha value is -1.39. The lowest BCUT2D eigenvalue weighted by Crippen LogP contribution is -2.45. The monoisotopic (exact) mass is 301 g/mol. The van der Waals surface area contributed by atoms with Gasteiger partial charge < -0.3 is 10.6 Å². The first kappa shape index (κ1) is 15.5. The molecule has 1 saturated heterocycles. The van der Waals surface area contributed by atoms with Crippen LogP contribution in [-0.4, -0.2) is 47.9 Å². The summed E-state index contributed by atoms with van der Waals surface area (Å²) >= 11 is 0. The molecule has 0 bridgehead atoms. The van der Waals surface area contributed by atoms with E-state index in [-0.39, 0.29) is 12.5 Å². The van der Waals surface area contributed by atoms with E-state index in [2.05, 4.69) is 40.1 Å². The van der Waals surface area contributed by atoms with Crippen molar-refractivity contribution in [3.05, 3.63) is 35.9 Å². The van der Waals surface area contributed by atoms with Gasteiger partial charge in [-0.3, -0.25) is 9.69 Å². The van der Waals surface area contributed by atoms with Crippen molar-refractivity contribution in [3.63, 3.8) is 0 Å². The maximum Gasteiger partial charge on any atom is 0.236 e. The van der Waals surface area contributed by atoms with E-state index in [0.29, 0.717) is 12.0 Å². The number of hydrogen-bond donors (Lipinski definition) is 1. The van der Waals surface area contributed by atoms with Crippen molar-refractivity contribution in [2.45, 2.75) is 38.3 Å². The fourth-order valence-electron chi connectivity index (χ4n) is 3.52. The van der Waals surface area contributed by atoms with Crippen LogP contribution in [-0.2, 0) is 11.3 Å². The number of amides is 1. The zero-order chi connectivity index (χ0) is 15.4. The van der Waals surface area contributed by atoms with E-state index in [0.717, 1.165) is 32.5 Å². The van der Waals surface area contributed by atoms with Gasteiger partial charge in [0, 0.05) is 25.7 Å². The largest absolute Gasteiger partial charge is 0.338 e. The number of likely N-dealkylation sites (tertiary alicyclic amines) is 1. The molecule has 1 amide bonds. The van der Waals surface area contributed by atoms with Crippen molar-refractivity contribution in [2.24, 2.45) is 11.7 Å². The van der Waals surface area contributed by atoms with Crippen LogP contribution in [0.1, 0.15) is 31.2 Å². The zero-order valence-corrected chi connectivity index (χ0v) is 13.3. The maximum absolute atomic E-state index is 12.0. The Morgan fingerprint density at radius 2 is 2.00 bits per heavy atom. The van der Waals surface area contributed by atoms with E-state index in [9.17, 15) is 4.79 Å². The summed E-state index contributed by atoms with van der Waals surface area (Å²) < 4.78 is 0. The Balaban J connectivity index is 1.54. The molecule has 4 nitrogen and oxygen atoms in total. The van der Waals surface area contributed by atoms with Crippen LogP contribution < -0.4 is 5.73 Å². The molecule has 0 radical (unpaired) electrons. The van der Waals surface area contributed by atoms with E-state index in [1.807, 2.05) is 0 Å². The highest BCUT2D eigenvalue weighted by molar-refractivity contribution is 5.78. The van der Waals surface area contributed by atoms with Crippen LogP contribution in [0.5, 0.6) is 0 Å². The third-order valence-corrected chi connectivity index (χ3v) is 4.79. The zero-order valence-electron chi connectivity index (χ0n) is 13.3. The number of carbonyl (C=O) groups is 1. The van der Waals surface area contributed by atoms with Gasteiger partial charge >= 0.3 is 0 Å². The Morgan fingerprint density at radius 1 is 1.23 bits per heavy atom. The molecule has 1 unspecified atom stereocenters. The quantitative estimate of drug-likeness (QED) is 0.872. The normalized spacial score (nSPS) is 22.5. The predicted molar refractivity (Wildman–Crippen MR) is 88.2 cm³/mol. The first-order chi connectivity index (χ1) is 10.8. The van der Waals surface area contributed by atoms with Gasteiger partial charge in [0.2, 0.25) is 5.91 Å². The first-order valence-electron chi connectivity index (χ1n) is 8.52. The minimum absolute atomic E-state index is 0.127. The summed E-state index contributed by atoms with van der Waals surface area (Å²) in [6.07, 6.45) is 4.78. The molecule has 4 heteroatoms. The second-order valence-corrected chi connectivity index (χ2v) is 6.71. The van der Waals surface area contributed by atoms with Gasteiger partial charge in [0.05, 0.1) is 6.54 Å². The lowest BCUT2D eigenvalue weighted by Gasteiger charge is -2.35. The van der Waals surface area contributed by atoms with Crippen molar-refractivity contribution >= 4 is 5.91 Å². The SMILES string of the molecule is NCC(=O)N(CC1CCCN(Cc2ccccc2)C1)C1CC1. The molecule has 120 valence electrons. The Labute approximate surface area is 133 Å². The number of piperidine rings is 1. The molecule has 1 heterocycles. The molecule has 0 spiro atoms. The molecule has 22 heavy (non-hydrogen) atoms. The average Bonchev–Trinajstić information content (AvgIpc) is 3.38. The number of rotatable bonds is 6. The predicted octanol–water partition coefficient (Wildman–Crippen LogP) is 1.85. The van der Waals surface area contributed by atoms with E-state index in [1.165, 1.54) is 24.9 Å². The molecular formula is C18H27N3O. The van der Waals surface area contributed by atoms with Gasteiger partial charge in [-0.2, -0.15) is 0 Å². The van der Waals surface area contributed by atoms with Gasteiger partial charge in [-0.15, -0.1) is 0 Å². The lowest BCUT2D eigenvalue weighted by molar-refractivity contribution is -0.131. The minimum Gasteiger partial charge on any atom is -0.338 e. The molecule has 1 aromatic rings. The molecule has 2 N–H and O–H groups in total. The van der Waals surface area contributed by atoms with Crippen LogP contribution in [0.15, 0.2) is 30.3 Å². The minimum atomic E-state index is 0.127. The summed E-state index contributed by atoms with van der Waals surface area (Å²) in [5.74, 6) is 0.719. The van der Waals surface area contributed by atoms with Gasteiger partial charge in [-0.25, -0.2) is 0 Å². The highest BCUT2D eigenvalue weighted by Crippen LogP contribution is 2.29. The maximum atomic E-state index is 12.0. The molecule has 3 rings (SSSR count). The molecule has 1 saturated carbocycles. The summed E-state index contributed by atoms with van der Waals surface area (Å²) in [6, 6.07) is 11.1. The summed E-state index contributed by atoms with van der Waals surface area (Å²) in [7, 11) is 0. The van der Waals surface area contributed by atoms with Gasteiger partial charge in [0.1, 0.15) is 0 Å². The summed E-state index contributed by atoms with van der Waals surface area (Å²) in [5, 5.41) is 0. The van der Waals surface area contributed by atoms with Crippen LogP contribution in [0.4, 0.5) is 0 Å². The van der Waals surface area contributed by atoms with Crippen molar-refractivity contribution in [1.82, 2.24) is 9.80 Å². The Morgan fingerprint density at radius 3 is 2.68 bits per heavy atom. The first-order valence-corrected chi connectivity index (χ1v) is 8.52. The summed E-state index contributed by atoms with van der Waals surface area (Å²) in [4.78, 5) is 16.6. The van der Waals surface area contributed by atoms with Crippen molar-refractivity contribution in [3.8, 4) is 0 Å². The topological polar surface area (TPSA) is 49.6 Å². The second-order valence-electron chi connectivity index (χ2n) is 6.71. The molecule has 2 fully saturated rings. The molecule has 1 aliphatic carbocycles. The Kier molecular flexibility index (Phi) is 5.11. The molecular weight excluding hydrogens is 274 g/mol. The summed E-state index contributed by atoms with van der Waals surface area (Å²) in [6.45, 7) is 4.32. The van der Waals surface area contributed by atoms with Gasteiger partial charge in [0.15, 0.2) is 0 Å². The van der Waals surface area contributed by atoms with E-state index in [1.54, 1.807) is 0 Å². The highest BCUT2D eigenvalue weighted by atomic mass is 16.2. The highest BCUT2D eigenvalue weighted by Gasteiger charge is 2.34. The molecule has 1 atom stereocenters. The second kappa shape index (κ2) is 7.25. The number of carbonyl (C=O) groups excluding carboxylic acids is 1. The average molecular weight is 301 g/mol. The van der Waals surface area contributed by atoms with Crippen LogP contribution in [0.25, 0.3) is 0 Å². The standard InChI is InChI=1S/C18H27N3O/c19-11-18(22)21(17-8-9-17)14-16-7-4-10-20(13-16)12-15-5-2-1-3-6-15/h1-3,5-6,16-17H,4,7-14,19H2. The Bertz CT molecular complexity index is 486. The van der Waals surface area contributed by atoms with Crippen molar-refractivity contribution < 1.29 is 4.79 Å². The summed E-state index contributed by atoms with van der Waals surface area (Å²) in [5.41, 5.74) is 6.95. The lowest BCUT2D eigenvalue weighted by atomic mass is 9.96. The smallest absolute Gasteiger partial charge is 0.236 e. The fraction of sp³-hybridized carbons (Fsp3) is 0.611. The number of hydrogen-bond acceptors (Lipinski definition) is 3. The molecule has 0 aromatic heterocycles. The van der Waals surface area contributed by atoms with Gasteiger partial charge in [-0.1, -0.05) is 30.3 Å². The van der Waals surface area contributed by atoms with Crippen LogP contribution in [0.2, 0.25) is 0 Å². The molecule has 2 aliphatic rings. The van der Waals surface area contributed by atoms with Crippen LogP contribution >= 0.6 is 0 Å².